The maximum Gasteiger partial charge on any atom is 0.303 e. The molecule has 0 heterocycles. The van der Waals surface area contributed by atoms with Crippen molar-refractivity contribution in [2.75, 3.05) is 39.1 Å². The second kappa shape index (κ2) is 19.9. The zero-order chi connectivity index (χ0) is 43.4. The highest BCUT2D eigenvalue weighted by Gasteiger charge is 2.58. The Balaban J connectivity index is 2.08. The number of hydrogen-bond donors (Lipinski definition) is 2. The third kappa shape index (κ3) is 10.2. The van der Waals surface area contributed by atoms with Gasteiger partial charge >= 0.3 is 11.9 Å². The molecule has 2 amide bonds. The van der Waals surface area contributed by atoms with E-state index in [4.69, 9.17) is 28.4 Å². The van der Waals surface area contributed by atoms with Gasteiger partial charge in [0.1, 0.15) is 11.5 Å². The van der Waals surface area contributed by atoms with Gasteiger partial charge in [-0.15, -0.1) is 0 Å². The summed E-state index contributed by atoms with van der Waals surface area (Å²) in [6.45, 7) is 5.10. The van der Waals surface area contributed by atoms with E-state index in [-0.39, 0.29) is 34.0 Å². The Morgan fingerprint density at radius 3 is 1.24 bits per heavy atom. The van der Waals surface area contributed by atoms with Crippen LogP contribution in [0.3, 0.4) is 0 Å². The number of nitrogens with one attached hydrogen (secondary N) is 2. The van der Waals surface area contributed by atoms with Crippen LogP contribution < -0.4 is 20.1 Å². The zero-order valence-electron chi connectivity index (χ0n) is 34.0. The molecule has 0 saturated heterocycles. The second-order valence-electron chi connectivity index (χ2n) is 13.0. The Morgan fingerprint density at radius 1 is 0.576 bits per heavy atom. The molecule has 0 aliphatic rings. The monoisotopic (exact) mass is 828 g/mol. The summed E-state index contributed by atoms with van der Waals surface area (Å²) in [5.74, 6) is -2.46. The van der Waals surface area contributed by atoms with Crippen molar-refractivity contribution in [2.24, 2.45) is 0 Å². The number of amides is 2. The minimum atomic E-state index is -4.99. The van der Waals surface area contributed by atoms with E-state index < -0.39 is 55.7 Å². The van der Waals surface area contributed by atoms with Gasteiger partial charge in [0.2, 0.25) is 19.7 Å². The summed E-state index contributed by atoms with van der Waals surface area (Å²) >= 11 is 0. The molecule has 0 spiro atoms. The van der Waals surface area contributed by atoms with E-state index in [1.165, 1.54) is 105 Å². The number of carbonyl (C=O) groups is 4. The number of benzene rings is 4. The van der Waals surface area contributed by atoms with E-state index in [9.17, 15) is 19.2 Å². The molecule has 0 radical (unpaired) electrons. The molecular formula is C44H48N2O12S. The van der Waals surface area contributed by atoms with E-state index in [1.54, 1.807) is 60.7 Å². The van der Waals surface area contributed by atoms with Gasteiger partial charge in [0.25, 0.3) is 11.8 Å². The van der Waals surface area contributed by atoms with Crippen LogP contribution in [0.5, 0.6) is 11.5 Å². The van der Waals surface area contributed by atoms with Crippen molar-refractivity contribution in [3.8, 4) is 11.5 Å². The molecule has 4 unspecified atom stereocenters. The normalized spacial score (nSPS) is 14.6. The standard InChI is InChI=1S/C44H48N2O12S/c1-29(57-31(3)47)41(49)45-37-27-35(19-21-39(37)53-5)43(55-7,25-23-33-15-11-9-12-16-33)59(51,52)44(56-8,26-24-34-17-13-10-14-18-34)36-20-22-40(54-6)38(28-36)46-42(50)30(2)58-32(4)48/h9-30H,1-8H3,(H,45,49)(H,46,50). The largest absolute Gasteiger partial charge is 0.495 e. The van der Waals surface area contributed by atoms with Crippen molar-refractivity contribution >= 4 is 57.1 Å². The van der Waals surface area contributed by atoms with Gasteiger partial charge in [-0.1, -0.05) is 84.9 Å². The highest BCUT2D eigenvalue weighted by atomic mass is 32.2. The first-order valence-corrected chi connectivity index (χ1v) is 19.7. The van der Waals surface area contributed by atoms with Gasteiger partial charge < -0.3 is 39.1 Å². The molecule has 0 bridgehead atoms. The first kappa shape index (κ1) is 45.4. The number of sulfone groups is 1. The molecule has 4 rings (SSSR count). The fraction of sp³-hybridized carbons (Fsp3) is 0.273. The summed E-state index contributed by atoms with van der Waals surface area (Å²) in [5.41, 5.74) is 1.35. The maximum atomic E-state index is 16.1. The maximum absolute atomic E-state index is 16.1. The first-order chi connectivity index (χ1) is 28.1. The van der Waals surface area contributed by atoms with Gasteiger partial charge in [0.15, 0.2) is 12.2 Å². The van der Waals surface area contributed by atoms with Crippen molar-refractivity contribution in [1.82, 2.24) is 0 Å². The van der Waals surface area contributed by atoms with Crippen molar-refractivity contribution in [2.45, 2.75) is 49.8 Å². The van der Waals surface area contributed by atoms with E-state index in [0.29, 0.717) is 11.1 Å². The molecule has 4 aromatic rings. The Morgan fingerprint density at radius 2 is 0.932 bits per heavy atom. The Hall–Kier alpha value is -6.29. The van der Waals surface area contributed by atoms with Gasteiger partial charge in [-0.2, -0.15) is 0 Å². The molecule has 0 aliphatic carbocycles. The Bertz CT molecular complexity index is 2140. The molecule has 0 aliphatic heterocycles. The van der Waals surface area contributed by atoms with Crippen LogP contribution in [-0.4, -0.2) is 72.8 Å². The smallest absolute Gasteiger partial charge is 0.303 e. The van der Waals surface area contributed by atoms with Crippen LogP contribution in [0.25, 0.3) is 12.2 Å². The van der Waals surface area contributed by atoms with E-state index >= 15 is 8.42 Å². The van der Waals surface area contributed by atoms with Crippen LogP contribution in [0.4, 0.5) is 11.4 Å². The molecule has 59 heavy (non-hydrogen) atoms. The molecule has 0 fully saturated rings. The molecule has 2 N–H and O–H groups in total. The predicted molar refractivity (Wildman–Crippen MR) is 223 cm³/mol. The van der Waals surface area contributed by atoms with Crippen molar-refractivity contribution in [3.05, 3.63) is 131 Å². The van der Waals surface area contributed by atoms with Gasteiger partial charge in [-0.25, -0.2) is 8.42 Å². The summed E-state index contributed by atoms with van der Waals surface area (Å²) in [7, 11) is 0.181. The highest BCUT2D eigenvalue weighted by molar-refractivity contribution is 7.93. The molecule has 312 valence electrons. The molecule has 4 atom stereocenters. The lowest BCUT2D eigenvalue weighted by atomic mass is 10.0. The molecule has 0 saturated carbocycles. The molecular weight excluding hydrogens is 781 g/mol. The number of methoxy groups -OCH3 is 4. The van der Waals surface area contributed by atoms with Crippen LogP contribution in [0, 0.1) is 0 Å². The second-order valence-corrected chi connectivity index (χ2v) is 15.3. The minimum absolute atomic E-state index is 0.00945. The van der Waals surface area contributed by atoms with Gasteiger partial charge in [0.05, 0.1) is 25.6 Å². The number of esters is 2. The van der Waals surface area contributed by atoms with Crippen LogP contribution in [0.15, 0.2) is 109 Å². The average Bonchev–Trinajstić information content (AvgIpc) is 3.21. The number of carbonyl (C=O) groups excluding carboxylic acids is 4. The summed E-state index contributed by atoms with van der Waals surface area (Å²) in [6.07, 6.45) is 3.46. The van der Waals surface area contributed by atoms with Crippen LogP contribution in [0.1, 0.15) is 49.9 Å². The average molecular weight is 829 g/mol. The number of ether oxygens (including phenoxy) is 6. The molecule has 0 aromatic heterocycles. The summed E-state index contributed by atoms with van der Waals surface area (Å²) < 4.78 is 65.8. The van der Waals surface area contributed by atoms with E-state index in [0.717, 1.165) is 0 Å². The zero-order valence-corrected chi connectivity index (χ0v) is 34.8. The Kier molecular flexibility index (Phi) is 15.3. The lowest BCUT2D eigenvalue weighted by Crippen LogP contribution is -2.49. The number of anilines is 2. The fourth-order valence-corrected chi connectivity index (χ4v) is 8.42. The summed E-state index contributed by atoms with van der Waals surface area (Å²) in [5, 5.41) is 5.34. The van der Waals surface area contributed by atoms with Crippen LogP contribution in [-0.2, 0) is 57.8 Å². The summed E-state index contributed by atoms with van der Waals surface area (Å²) in [6, 6.07) is 26.5. The van der Waals surface area contributed by atoms with Crippen LogP contribution >= 0.6 is 0 Å². The Labute approximate surface area is 344 Å². The van der Waals surface area contributed by atoms with Crippen molar-refractivity contribution in [3.63, 3.8) is 0 Å². The number of rotatable bonds is 18. The van der Waals surface area contributed by atoms with Crippen molar-refractivity contribution < 1.29 is 56.0 Å². The van der Waals surface area contributed by atoms with Gasteiger partial charge in [0, 0.05) is 39.2 Å². The van der Waals surface area contributed by atoms with E-state index in [2.05, 4.69) is 10.6 Å². The van der Waals surface area contributed by atoms with Gasteiger partial charge in [-0.3, -0.25) is 19.2 Å². The molecule has 4 aromatic carbocycles. The number of hydrogen-bond acceptors (Lipinski definition) is 12. The van der Waals surface area contributed by atoms with E-state index in [1.807, 2.05) is 12.1 Å². The first-order valence-electron chi connectivity index (χ1n) is 18.2. The van der Waals surface area contributed by atoms with Crippen LogP contribution in [0.2, 0.25) is 0 Å². The lowest BCUT2D eigenvalue weighted by Gasteiger charge is -2.39. The van der Waals surface area contributed by atoms with Crippen molar-refractivity contribution in [1.29, 1.82) is 0 Å². The quantitative estimate of drug-likeness (QED) is 0.102. The fourth-order valence-electron chi connectivity index (χ4n) is 6.16. The summed E-state index contributed by atoms with van der Waals surface area (Å²) in [4.78, 5) is 44.9. The molecule has 15 heteroatoms. The predicted octanol–water partition coefficient (Wildman–Crippen LogP) is 6.62. The lowest BCUT2D eigenvalue weighted by molar-refractivity contribution is -0.151. The molecule has 14 nitrogen and oxygen atoms in total. The third-order valence-corrected chi connectivity index (χ3v) is 11.8. The SMILES string of the molecule is COc1ccc(C(C=Cc2ccccc2)(OC)S(=O)(=O)C(C=Cc2ccccc2)(OC)c2ccc(OC)c(NC(=O)C(C)OC(C)=O)c2)cc1NC(=O)C(C)OC(C)=O. The highest BCUT2D eigenvalue weighted by Crippen LogP contribution is 2.49. The van der Waals surface area contributed by atoms with Gasteiger partial charge in [-0.05, 0) is 61.4 Å². The third-order valence-electron chi connectivity index (χ3n) is 9.14. The minimum Gasteiger partial charge on any atom is -0.495 e. The topological polar surface area (TPSA) is 182 Å².